The number of likely N-dealkylation sites (tertiary alicyclic amines) is 1. The van der Waals surface area contributed by atoms with Crippen LogP contribution in [0.4, 0.5) is 4.79 Å². The Morgan fingerprint density at radius 1 is 1.43 bits per heavy atom. The summed E-state index contributed by atoms with van der Waals surface area (Å²) < 4.78 is 5.50. The Morgan fingerprint density at radius 3 is 2.91 bits per heavy atom. The van der Waals surface area contributed by atoms with Crippen LogP contribution in [-0.2, 0) is 9.53 Å². The molecule has 0 unspecified atom stereocenters. The highest BCUT2D eigenvalue weighted by atomic mass is 35.5. The number of amides is 3. The maximum Gasteiger partial charge on any atom is 0.317 e. The number of hydrogen-bond acceptors (Lipinski definition) is 3. The number of carbonyl (C=O) groups is 2. The van der Waals surface area contributed by atoms with Gasteiger partial charge in [0.15, 0.2) is 0 Å². The third-order valence-corrected chi connectivity index (χ3v) is 4.57. The fraction of sp³-hybridized carbons (Fsp3) is 0.500. The molecule has 0 aromatic heterocycles. The van der Waals surface area contributed by atoms with Gasteiger partial charge in [0.1, 0.15) is 6.61 Å². The van der Waals surface area contributed by atoms with E-state index in [2.05, 4.69) is 10.6 Å². The lowest BCUT2D eigenvalue weighted by Gasteiger charge is -2.41. The van der Waals surface area contributed by atoms with Gasteiger partial charge in [-0.1, -0.05) is 23.7 Å². The molecule has 0 aliphatic carbocycles. The third-order valence-electron chi connectivity index (χ3n) is 4.32. The van der Waals surface area contributed by atoms with Crippen molar-refractivity contribution in [2.45, 2.75) is 31.5 Å². The number of ether oxygens (including phenoxy) is 1. The Morgan fingerprint density at radius 2 is 2.17 bits per heavy atom. The van der Waals surface area contributed by atoms with Crippen LogP contribution in [0, 0.1) is 0 Å². The van der Waals surface area contributed by atoms with Crippen molar-refractivity contribution in [2.24, 2.45) is 0 Å². The molecule has 0 bridgehead atoms. The molecule has 2 aliphatic rings. The summed E-state index contributed by atoms with van der Waals surface area (Å²) in [7, 11) is 0. The van der Waals surface area contributed by atoms with Crippen molar-refractivity contribution in [3.63, 3.8) is 0 Å². The number of benzene rings is 1. The Balaban J connectivity index is 1.57. The van der Waals surface area contributed by atoms with Crippen LogP contribution < -0.4 is 10.6 Å². The number of hydrogen-bond donors (Lipinski definition) is 2. The molecule has 2 aliphatic heterocycles. The van der Waals surface area contributed by atoms with Crippen LogP contribution >= 0.6 is 11.6 Å². The number of rotatable bonds is 2. The van der Waals surface area contributed by atoms with Crippen molar-refractivity contribution in [1.82, 2.24) is 15.5 Å². The first-order valence-corrected chi connectivity index (χ1v) is 8.12. The molecule has 23 heavy (non-hydrogen) atoms. The Bertz CT molecular complexity index is 593. The van der Waals surface area contributed by atoms with Crippen LogP contribution in [0.5, 0.6) is 0 Å². The highest BCUT2D eigenvalue weighted by Crippen LogP contribution is 2.19. The van der Waals surface area contributed by atoms with Crippen molar-refractivity contribution < 1.29 is 14.3 Å². The van der Waals surface area contributed by atoms with Gasteiger partial charge in [-0.2, -0.15) is 0 Å². The zero-order valence-electron chi connectivity index (χ0n) is 12.9. The SMILES string of the molecule is C[C@@H](NC(=O)N1CC[C@@H]2OCC(=O)N[C@H]2C1)c1ccc(Cl)cc1. The zero-order valence-corrected chi connectivity index (χ0v) is 13.7. The maximum absolute atomic E-state index is 12.4. The topological polar surface area (TPSA) is 70.7 Å². The van der Waals surface area contributed by atoms with Gasteiger partial charge in [-0.3, -0.25) is 4.79 Å². The number of nitrogens with zero attached hydrogens (tertiary/aromatic N) is 1. The van der Waals surface area contributed by atoms with Crippen LogP contribution in [-0.4, -0.2) is 48.7 Å². The molecule has 6 nitrogen and oxygen atoms in total. The first-order valence-electron chi connectivity index (χ1n) is 7.75. The minimum Gasteiger partial charge on any atom is -0.366 e. The second kappa shape index (κ2) is 6.76. The lowest BCUT2D eigenvalue weighted by Crippen LogP contribution is -2.62. The van der Waals surface area contributed by atoms with Gasteiger partial charge in [0.25, 0.3) is 0 Å². The molecule has 3 atom stereocenters. The van der Waals surface area contributed by atoms with Gasteiger partial charge in [-0.05, 0) is 31.0 Å². The average molecular weight is 338 g/mol. The first-order chi connectivity index (χ1) is 11.0. The van der Waals surface area contributed by atoms with Crippen LogP contribution in [0.15, 0.2) is 24.3 Å². The van der Waals surface area contributed by atoms with E-state index in [1.807, 2.05) is 19.1 Å². The fourth-order valence-electron chi connectivity index (χ4n) is 3.00. The van der Waals surface area contributed by atoms with E-state index in [1.165, 1.54) is 0 Å². The number of fused-ring (bicyclic) bond motifs is 1. The van der Waals surface area contributed by atoms with Crippen LogP contribution in [0.1, 0.15) is 24.9 Å². The smallest absolute Gasteiger partial charge is 0.317 e. The summed E-state index contributed by atoms with van der Waals surface area (Å²) in [5.41, 5.74) is 0.993. The predicted molar refractivity (Wildman–Crippen MR) is 86.3 cm³/mol. The molecule has 1 aromatic rings. The number of halogens is 1. The van der Waals surface area contributed by atoms with Gasteiger partial charge in [0.05, 0.1) is 18.2 Å². The zero-order chi connectivity index (χ0) is 16.4. The highest BCUT2D eigenvalue weighted by Gasteiger charge is 2.36. The molecule has 3 amide bonds. The monoisotopic (exact) mass is 337 g/mol. The van der Waals surface area contributed by atoms with E-state index in [0.29, 0.717) is 18.1 Å². The lowest BCUT2D eigenvalue weighted by molar-refractivity contribution is -0.139. The number of nitrogens with one attached hydrogen (secondary N) is 2. The lowest BCUT2D eigenvalue weighted by atomic mass is 10.0. The summed E-state index contributed by atoms with van der Waals surface area (Å²) in [5, 5.41) is 6.55. The molecule has 1 aromatic carbocycles. The quantitative estimate of drug-likeness (QED) is 0.863. The Labute approximate surface area is 140 Å². The van der Waals surface area contributed by atoms with E-state index in [9.17, 15) is 9.59 Å². The summed E-state index contributed by atoms with van der Waals surface area (Å²) in [6, 6.07) is 7.03. The minimum absolute atomic E-state index is 0.00504. The molecule has 2 saturated heterocycles. The molecule has 2 heterocycles. The van der Waals surface area contributed by atoms with Crippen LogP contribution in [0.25, 0.3) is 0 Å². The number of piperidine rings is 1. The van der Waals surface area contributed by atoms with Crippen molar-refractivity contribution in [3.8, 4) is 0 Å². The number of carbonyl (C=O) groups excluding carboxylic acids is 2. The van der Waals surface area contributed by atoms with Gasteiger partial charge < -0.3 is 20.3 Å². The first kappa shape index (κ1) is 16.1. The summed E-state index contributed by atoms with van der Waals surface area (Å²) in [4.78, 5) is 25.6. The van der Waals surface area contributed by atoms with Gasteiger partial charge in [-0.25, -0.2) is 4.79 Å². The third kappa shape index (κ3) is 3.76. The second-order valence-electron chi connectivity index (χ2n) is 5.98. The van der Waals surface area contributed by atoms with Gasteiger partial charge in [0.2, 0.25) is 5.91 Å². The van der Waals surface area contributed by atoms with Crippen molar-refractivity contribution in [2.75, 3.05) is 19.7 Å². The molecule has 7 heteroatoms. The molecule has 2 fully saturated rings. The molecule has 0 saturated carbocycles. The summed E-state index contributed by atoms with van der Waals surface area (Å²) in [6.45, 7) is 3.13. The molecular formula is C16H20ClN3O3. The van der Waals surface area contributed by atoms with E-state index in [0.717, 1.165) is 12.0 Å². The van der Waals surface area contributed by atoms with E-state index >= 15 is 0 Å². The molecule has 124 valence electrons. The molecular weight excluding hydrogens is 318 g/mol. The highest BCUT2D eigenvalue weighted by molar-refractivity contribution is 6.30. The average Bonchev–Trinajstić information content (AvgIpc) is 2.54. The predicted octanol–water partition coefficient (Wildman–Crippen LogP) is 1.70. The minimum atomic E-state index is -0.134. The normalized spacial score (nSPS) is 25.3. The largest absolute Gasteiger partial charge is 0.366 e. The summed E-state index contributed by atoms with van der Waals surface area (Å²) >= 11 is 5.88. The summed E-state index contributed by atoms with van der Waals surface area (Å²) in [6.07, 6.45) is 0.735. The fourth-order valence-corrected chi connectivity index (χ4v) is 3.12. The van der Waals surface area contributed by atoms with Crippen LogP contribution in [0.3, 0.4) is 0 Å². The molecule has 0 spiro atoms. The van der Waals surface area contributed by atoms with E-state index < -0.39 is 0 Å². The number of morpholine rings is 1. The standard InChI is InChI=1S/C16H20ClN3O3/c1-10(11-2-4-12(17)5-3-11)18-16(22)20-7-6-14-13(8-20)19-15(21)9-23-14/h2-5,10,13-14H,6-9H2,1H3,(H,18,22)(H,19,21)/t10-,13+,14+/m1/s1. The molecule has 0 radical (unpaired) electrons. The van der Waals surface area contributed by atoms with Gasteiger partial charge in [-0.15, -0.1) is 0 Å². The summed E-state index contributed by atoms with van der Waals surface area (Å²) in [5.74, 6) is -0.122. The maximum atomic E-state index is 12.4. The Hall–Kier alpha value is -1.79. The van der Waals surface area contributed by atoms with Gasteiger partial charge in [0, 0.05) is 18.1 Å². The van der Waals surface area contributed by atoms with Crippen molar-refractivity contribution >= 4 is 23.5 Å². The molecule has 3 rings (SSSR count). The second-order valence-corrected chi connectivity index (χ2v) is 6.42. The van der Waals surface area contributed by atoms with Crippen molar-refractivity contribution in [1.29, 1.82) is 0 Å². The van der Waals surface area contributed by atoms with E-state index in [1.54, 1.807) is 17.0 Å². The van der Waals surface area contributed by atoms with Crippen molar-refractivity contribution in [3.05, 3.63) is 34.9 Å². The van der Waals surface area contributed by atoms with E-state index in [-0.39, 0.29) is 36.7 Å². The number of urea groups is 1. The van der Waals surface area contributed by atoms with Crippen LogP contribution in [0.2, 0.25) is 5.02 Å². The Kier molecular flexibility index (Phi) is 4.73. The van der Waals surface area contributed by atoms with Gasteiger partial charge >= 0.3 is 6.03 Å². The van der Waals surface area contributed by atoms with E-state index in [4.69, 9.17) is 16.3 Å². The molecule has 2 N–H and O–H groups in total.